The lowest BCUT2D eigenvalue weighted by Gasteiger charge is -2.08. The highest BCUT2D eigenvalue weighted by Crippen LogP contribution is 2.12. The van der Waals surface area contributed by atoms with E-state index >= 15 is 0 Å². The molecular formula is C13H19N5OS. The van der Waals surface area contributed by atoms with E-state index < -0.39 is 0 Å². The van der Waals surface area contributed by atoms with Crippen LogP contribution in [0.25, 0.3) is 0 Å². The molecule has 20 heavy (non-hydrogen) atoms. The number of methoxy groups -OCH3 is 1. The van der Waals surface area contributed by atoms with Gasteiger partial charge in [0.25, 0.3) is 0 Å². The van der Waals surface area contributed by atoms with Crippen LogP contribution in [0.3, 0.4) is 0 Å². The lowest BCUT2D eigenvalue weighted by atomic mass is 10.3. The number of nitrogens with one attached hydrogen (secondary N) is 2. The molecule has 0 aliphatic carbocycles. The summed E-state index contributed by atoms with van der Waals surface area (Å²) in [5.41, 5.74) is 0. The molecule has 0 bridgehead atoms. The molecular weight excluding hydrogens is 274 g/mol. The molecule has 0 saturated carbocycles. The second kappa shape index (κ2) is 7.64. The molecule has 0 radical (unpaired) electrons. The third-order valence-electron chi connectivity index (χ3n) is 2.57. The van der Waals surface area contributed by atoms with Gasteiger partial charge < -0.3 is 15.4 Å². The maximum Gasteiger partial charge on any atom is 0.322 e. The summed E-state index contributed by atoms with van der Waals surface area (Å²) >= 11 is 1.75. The second-order valence-corrected chi connectivity index (χ2v) is 5.18. The highest BCUT2D eigenvalue weighted by atomic mass is 32.1. The van der Waals surface area contributed by atoms with Gasteiger partial charge in [-0.15, -0.1) is 11.3 Å². The summed E-state index contributed by atoms with van der Waals surface area (Å²) in [6.45, 7) is 3.69. The van der Waals surface area contributed by atoms with Gasteiger partial charge in [0.05, 0.1) is 7.11 Å². The first-order valence-corrected chi connectivity index (χ1v) is 7.50. The molecule has 7 heteroatoms. The Bertz CT molecular complexity index is 517. The van der Waals surface area contributed by atoms with Gasteiger partial charge in [-0.05, 0) is 24.3 Å². The van der Waals surface area contributed by atoms with Crippen LogP contribution in [0.4, 0.5) is 11.9 Å². The summed E-state index contributed by atoms with van der Waals surface area (Å²) in [4.78, 5) is 14.0. The van der Waals surface area contributed by atoms with Crippen molar-refractivity contribution < 1.29 is 4.74 Å². The van der Waals surface area contributed by atoms with Crippen molar-refractivity contribution in [2.45, 2.75) is 19.8 Å². The molecule has 2 N–H and O–H groups in total. The van der Waals surface area contributed by atoms with Gasteiger partial charge >= 0.3 is 6.01 Å². The van der Waals surface area contributed by atoms with Gasteiger partial charge in [0.1, 0.15) is 0 Å². The van der Waals surface area contributed by atoms with Crippen molar-refractivity contribution >= 4 is 23.2 Å². The lowest BCUT2D eigenvalue weighted by Crippen LogP contribution is -2.12. The first-order chi connectivity index (χ1) is 9.81. The lowest BCUT2D eigenvalue weighted by molar-refractivity contribution is 0.379. The zero-order valence-corrected chi connectivity index (χ0v) is 12.5. The van der Waals surface area contributed by atoms with Crippen LogP contribution in [0.1, 0.15) is 18.2 Å². The van der Waals surface area contributed by atoms with Gasteiger partial charge in [-0.25, -0.2) is 0 Å². The van der Waals surface area contributed by atoms with Crippen molar-refractivity contribution in [1.29, 1.82) is 0 Å². The van der Waals surface area contributed by atoms with E-state index in [9.17, 15) is 0 Å². The number of thiophene rings is 1. The molecule has 0 unspecified atom stereocenters. The standard InChI is InChI=1S/C13H19N5OS/c1-3-7-14-11-16-12(18-13(17-11)19-2)15-8-6-10-5-4-9-20-10/h4-5,9H,3,6-8H2,1-2H3,(H2,14,15,16,17,18). The summed E-state index contributed by atoms with van der Waals surface area (Å²) in [7, 11) is 1.55. The van der Waals surface area contributed by atoms with Crippen molar-refractivity contribution in [3.8, 4) is 6.01 Å². The van der Waals surface area contributed by atoms with Gasteiger partial charge in [-0.3, -0.25) is 0 Å². The molecule has 108 valence electrons. The largest absolute Gasteiger partial charge is 0.467 e. The quantitative estimate of drug-likeness (QED) is 0.779. The molecule has 2 heterocycles. The minimum atomic E-state index is 0.317. The van der Waals surface area contributed by atoms with Gasteiger partial charge in [-0.2, -0.15) is 15.0 Å². The molecule has 0 aliphatic heterocycles. The predicted octanol–water partition coefficient (Wildman–Crippen LogP) is 2.42. The average molecular weight is 293 g/mol. The third-order valence-corrected chi connectivity index (χ3v) is 3.50. The monoisotopic (exact) mass is 293 g/mol. The van der Waals surface area contributed by atoms with Crippen molar-refractivity contribution in [2.75, 3.05) is 30.8 Å². The van der Waals surface area contributed by atoms with Gasteiger partial charge in [0, 0.05) is 18.0 Å². The van der Waals surface area contributed by atoms with Crippen LogP contribution < -0.4 is 15.4 Å². The summed E-state index contributed by atoms with van der Waals surface area (Å²) in [5.74, 6) is 1.07. The van der Waals surface area contributed by atoms with E-state index in [0.29, 0.717) is 17.9 Å². The van der Waals surface area contributed by atoms with Crippen LogP contribution >= 0.6 is 11.3 Å². The molecule has 0 amide bonds. The Morgan fingerprint density at radius 2 is 1.90 bits per heavy atom. The Kier molecular flexibility index (Phi) is 5.55. The van der Waals surface area contributed by atoms with E-state index in [0.717, 1.165) is 25.9 Å². The third kappa shape index (κ3) is 4.34. The van der Waals surface area contributed by atoms with E-state index in [1.807, 2.05) is 0 Å². The highest BCUT2D eigenvalue weighted by molar-refractivity contribution is 7.09. The number of hydrogen-bond acceptors (Lipinski definition) is 7. The molecule has 2 rings (SSSR count). The average Bonchev–Trinajstić information content (AvgIpc) is 2.98. The predicted molar refractivity (Wildman–Crippen MR) is 81.7 cm³/mol. The Balaban J connectivity index is 1.94. The Morgan fingerprint density at radius 3 is 2.50 bits per heavy atom. The van der Waals surface area contributed by atoms with Crippen molar-refractivity contribution in [3.05, 3.63) is 22.4 Å². The zero-order chi connectivity index (χ0) is 14.2. The minimum absolute atomic E-state index is 0.317. The van der Waals surface area contributed by atoms with Gasteiger partial charge in [-0.1, -0.05) is 13.0 Å². The van der Waals surface area contributed by atoms with E-state index in [-0.39, 0.29) is 0 Å². The Hall–Kier alpha value is -1.89. The fourth-order valence-electron chi connectivity index (χ4n) is 1.60. The highest BCUT2D eigenvalue weighted by Gasteiger charge is 2.06. The minimum Gasteiger partial charge on any atom is -0.467 e. The van der Waals surface area contributed by atoms with Crippen molar-refractivity contribution in [1.82, 2.24) is 15.0 Å². The summed E-state index contributed by atoms with van der Waals surface area (Å²) < 4.78 is 5.09. The van der Waals surface area contributed by atoms with Gasteiger partial charge in [0.15, 0.2) is 0 Å². The van der Waals surface area contributed by atoms with Crippen LogP contribution in [0.5, 0.6) is 6.01 Å². The van der Waals surface area contributed by atoms with Crippen molar-refractivity contribution in [2.24, 2.45) is 0 Å². The number of ether oxygens (including phenoxy) is 1. The molecule has 2 aromatic rings. The topological polar surface area (TPSA) is 72.0 Å². The van der Waals surface area contributed by atoms with Crippen LogP contribution in [-0.2, 0) is 6.42 Å². The van der Waals surface area contributed by atoms with Crippen LogP contribution in [0, 0.1) is 0 Å². The number of rotatable bonds is 8. The Morgan fingerprint density at radius 1 is 1.15 bits per heavy atom. The number of nitrogens with zero attached hydrogens (tertiary/aromatic N) is 3. The molecule has 0 fully saturated rings. The van der Waals surface area contributed by atoms with Crippen LogP contribution in [0.15, 0.2) is 17.5 Å². The summed E-state index contributed by atoms with van der Waals surface area (Å²) in [6.07, 6.45) is 1.96. The molecule has 6 nitrogen and oxygen atoms in total. The SMILES string of the molecule is CCCNc1nc(NCCc2cccs2)nc(OC)n1. The normalized spacial score (nSPS) is 10.3. The molecule has 0 aromatic carbocycles. The first-order valence-electron chi connectivity index (χ1n) is 6.62. The van der Waals surface area contributed by atoms with Crippen molar-refractivity contribution in [3.63, 3.8) is 0 Å². The summed E-state index contributed by atoms with van der Waals surface area (Å²) in [6, 6.07) is 4.49. The smallest absolute Gasteiger partial charge is 0.322 e. The number of aromatic nitrogens is 3. The van der Waals surface area contributed by atoms with Crippen LogP contribution in [0.2, 0.25) is 0 Å². The molecule has 0 atom stereocenters. The fourth-order valence-corrected chi connectivity index (χ4v) is 2.30. The summed E-state index contributed by atoms with van der Waals surface area (Å²) in [5, 5.41) is 8.41. The number of hydrogen-bond donors (Lipinski definition) is 2. The van der Waals surface area contributed by atoms with E-state index in [4.69, 9.17) is 4.74 Å². The number of anilines is 2. The molecule has 0 spiro atoms. The maximum absolute atomic E-state index is 5.09. The fraction of sp³-hybridized carbons (Fsp3) is 0.462. The Labute approximate surface area is 122 Å². The zero-order valence-electron chi connectivity index (χ0n) is 11.7. The van der Waals surface area contributed by atoms with Crippen LogP contribution in [-0.4, -0.2) is 35.2 Å². The first kappa shape index (κ1) is 14.5. The van der Waals surface area contributed by atoms with Gasteiger partial charge in [0.2, 0.25) is 11.9 Å². The molecule has 2 aromatic heterocycles. The molecule has 0 saturated heterocycles. The second-order valence-electron chi connectivity index (χ2n) is 4.15. The molecule has 0 aliphatic rings. The van der Waals surface area contributed by atoms with E-state index in [1.54, 1.807) is 18.4 Å². The van der Waals surface area contributed by atoms with E-state index in [2.05, 4.69) is 50.0 Å². The maximum atomic E-state index is 5.09. The van der Waals surface area contributed by atoms with E-state index in [1.165, 1.54) is 4.88 Å².